The number of aromatic amines is 1. The fourth-order valence-electron chi connectivity index (χ4n) is 5.23. The van der Waals surface area contributed by atoms with Crippen LogP contribution in [0.25, 0.3) is 10.9 Å². The summed E-state index contributed by atoms with van der Waals surface area (Å²) in [5, 5.41) is 7.54. The molecule has 1 aliphatic heterocycles. The van der Waals surface area contributed by atoms with E-state index in [-0.39, 0.29) is 29.8 Å². The van der Waals surface area contributed by atoms with Crippen molar-refractivity contribution in [3.8, 4) is 0 Å². The third-order valence-corrected chi connectivity index (χ3v) is 6.71. The fourth-order valence-corrected chi connectivity index (χ4v) is 5.23. The smallest absolute Gasteiger partial charge is 0.224 e. The first-order chi connectivity index (χ1) is 13.1. The van der Waals surface area contributed by atoms with Crippen LogP contribution in [0.3, 0.4) is 0 Å². The van der Waals surface area contributed by atoms with E-state index in [0.29, 0.717) is 18.3 Å². The van der Waals surface area contributed by atoms with Crippen LogP contribution in [-0.2, 0) is 16.0 Å². The van der Waals surface area contributed by atoms with Crippen LogP contribution in [0, 0.1) is 17.8 Å². The second kappa shape index (κ2) is 7.37. The van der Waals surface area contributed by atoms with Crippen molar-refractivity contribution in [2.45, 2.75) is 58.0 Å². The number of piperidine rings is 1. The van der Waals surface area contributed by atoms with Crippen LogP contribution in [0.5, 0.6) is 0 Å². The molecule has 5 nitrogen and oxygen atoms in total. The molecule has 2 heterocycles. The molecule has 2 amide bonds. The minimum atomic E-state index is 0.0600. The number of amides is 2. The Morgan fingerprint density at radius 2 is 2.07 bits per heavy atom. The summed E-state index contributed by atoms with van der Waals surface area (Å²) in [6.07, 6.45) is 6.13. The highest BCUT2D eigenvalue weighted by Crippen LogP contribution is 2.38. The molecule has 3 N–H and O–H groups in total. The number of benzene rings is 1. The molecule has 2 aliphatic rings. The monoisotopic (exact) mass is 367 g/mol. The molecular weight excluding hydrogens is 338 g/mol. The number of H-pyrrole nitrogens is 1. The van der Waals surface area contributed by atoms with Crippen LogP contribution in [0.2, 0.25) is 0 Å². The summed E-state index contributed by atoms with van der Waals surface area (Å²) in [4.78, 5) is 28.2. The van der Waals surface area contributed by atoms with E-state index in [9.17, 15) is 9.59 Å². The van der Waals surface area contributed by atoms with E-state index in [4.69, 9.17) is 0 Å². The van der Waals surface area contributed by atoms with E-state index in [1.807, 2.05) is 30.5 Å². The Balaban J connectivity index is 1.37. The Labute approximate surface area is 160 Å². The molecule has 2 fully saturated rings. The highest BCUT2D eigenvalue weighted by Gasteiger charge is 2.43. The summed E-state index contributed by atoms with van der Waals surface area (Å²) in [6.45, 7) is 4.32. The molecule has 1 aromatic heterocycles. The Kier molecular flexibility index (Phi) is 4.94. The average molecular weight is 367 g/mol. The van der Waals surface area contributed by atoms with Crippen LogP contribution < -0.4 is 10.6 Å². The molecule has 1 saturated heterocycles. The number of rotatable bonds is 4. The Bertz CT molecular complexity index is 843. The molecule has 1 aliphatic carbocycles. The molecule has 2 aromatic rings. The molecule has 1 aromatic carbocycles. The molecule has 5 atom stereocenters. The average Bonchev–Trinajstić information content (AvgIpc) is 3.05. The molecule has 5 heteroatoms. The van der Waals surface area contributed by atoms with E-state index in [1.54, 1.807) is 0 Å². The number of hydrogen-bond acceptors (Lipinski definition) is 2. The number of aromatic nitrogens is 1. The number of nitrogens with one attached hydrogen (secondary N) is 3. The van der Waals surface area contributed by atoms with Crippen molar-refractivity contribution < 1.29 is 9.59 Å². The zero-order chi connectivity index (χ0) is 19.0. The molecular formula is C22H29N3O2. The van der Waals surface area contributed by atoms with E-state index < -0.39 is 0 Å². The van der Waals surface area contributed by atoms with Crippen molar-refractivity contribution in [1.82, 2.24) is 15.6 Å². The standard InChI is InChI=1S/C22H29N3O2/c1-3-16-13(2)17-9-8-15(11-20(17)25-22(16)27)24-21(26)10-14-12-23-19-7-5-4-6-18(14)19/h4-7,12-13,15-17,20,23H,3,8-11H2,1-2H3,(H,24,26)(H,25,27). The summed E-state index contributed by atoms with van der Waals surface area (Å²) < 4.78 is 0. The largest absolute Gasteiger partial charge is 0.361 e. The van der Waals surface area contributed by atoms with Gasteiger partial charge in [-0.05, 0) is 49.1 Å². The highest BCUT2D eigenvalue weighted by molar-refractivity contribution is 5.89. The second-order valence-corrected chi connectivity index (χ2v) is 8.27. The van der Waals surface area contributed by atoms with Crippen molar-refractivity contribution in [1.29, 1.82) is 0 Å². The van der Waals surface area contributed by atoms with Gasteiger partial charge in [0.05, 0.1) is 6.42 Å². The molecule has 5 unspecified atom stereocenters. The summed E-state index contributed by atoms with van der Waals surface area (Å²) in [5.41, 5.74) is 2.09. The number of carbonyl (C=O) groups is 2. The zero-order valence-electron chi connectivity index (χ0n) is 16.1. The van der Waals surface area contributed by atoms with Crippen LogP contribution in [0.15, 0.2) is 30.5 Å². The molecule has 144 valence electrons. The molecule has 1 saturated carbocycles. The summed E-state index contributed by atoms with van der Waals surface area (Å²) >= 11 is 0. The van der Waals surface area contributed by atoms with Gasteiger partial charge in [0.2, 0.25) is 11.8 Å². The molecule has 0 radical (unpaired) electrons. The number of carbonyl (C=O) groups excluding carboxylic acids is 2. The van der Waals surface area contributed by atoms with Crippen LogP contribution in [0.1, 0.15) is 45.1 Å². The highest BCUT2D eigenvalue weighted by atomic mass is 16.2. The summed E-state index contributed by atoms with van der Waals surface area (Å²) in [5.74, 6) is 1.35. The lowest BCUT2D eigenvalue weighted by molar-refractivity contribution is -0.133. The van der Waals surface area contributed by atoms with Crippen LogP contribution in [-0.4, -0.2) is 28.9 Å². The first-order valence-corrected chi connectivity index (χ1v) is 10.2. The third kappa shape index (κ3) is 3.47. The third-order valence-electron chi connectivity index (χ3n) is 6.71. The van der Waals surface area contributed by atoms with Gasteiger partial charge in [0.1, 0.15) is 0 Å². The van der Waals surface area contributed by atoms with Crippen LogP contribution in [0.4, 0.5) is 0 Å². The molecule has 0 spiro atoms. The van der Waals surface area contributed by atoms with E-state index in [1.165, 1.54) is 0 Å². The van der Waals surface area contributed by atoms with Gasteiger partial charge in [0.25, 0.3) is 0 Å². The van der Waals surface area contributed by atoms with Crippen molar-refractivity contribution in [3.05, 3.63) is 36.0 Å². The first-order valence-electron chi connectivity index (χ1n) is 10.2. The van der Waals surface area contributed by atoms with Crippen molar-refractivity contribution in [3.63, 3.8) is 0 Å². The minimum Gasteiger partial charge on any atom is -0.361 e. The van der Waals surface area contributed by atoms with Crippen molar-refractivity contribution >= 4 is 22.7 Å². The van der Waals surface area contributed by atoms with Gasteiger partial charge in [-0.1, -0.05) is 32.0 Å². The van der Waals surface area contributed by atoms with E-state index in [0.717, 1.165) is 42.1 Å². The first kappa shape index (κ1) is 18.1. The number of para-hydroxylation sites is 1. The van der Waals surface area contributed by atoms with Crippen LogP contribution >= 0.6 is 0 Å². The Morgan fingerprint density at radius 1 is 1.26 bits per heavy atom. The normalized spacial score (nSPS) is 30.6. The lowest BCUT2D eigenvalue weighted by Crippen LogP contribution is -2.58. The molecule has 4 rings (SSSR count). The van der Waals surface area contributed by atoms with Gasteiger partial charge in [-0.25, -0.2) is 0 Å². The van der Waals surface area contributed by atoms with Gasteiger partial charge in [-0.3, -0.25) is 9.59 Å². The topological polar surface area (TPSA) is 74.0 Å². The van der Waals surface area contributed by atoms with E-state index >= 15 is 0 Å². The maximum Gasteiger partial charge on any atom is 0.224 e. The predicted octanol–water partition coefficient (Wildman–Crippen LogP) is 3.16. The van der Waals surface area contributed by atoms with Gasteiger partial charge in [-0.2, -0.15) is 0 Å². The Hall–Kier alpha value is -2.30. The maximum absolute atomic E-state index is 12.6. The van der Waals surface area contributed by atoms with Crippen molar-refractivity contribution in [2.75, 3.05) is 0 Å². The van der Waals surface area contributed by atoms with Gasteiger partial charge in [-0.15, -0.1) is 0 Å². The number of fused-ring (bicyclic) bond motifs is 2. The van der Waals surface area contributed by atoms with Gasteiger partial charge < -0.3 is 15.6 Å². The zero-order valence-corrected chi connectivity index (χ0v) is 16.1. The van der Waals surface area contributed by atoms with Crippen molar-refractivity contribution in [2.24, 2.45) is 17.8 Å². The van der Waals surface area contributed by atoms with Gasteiger partial charge in [0, 0.05) is 35.1 Å². The second-order valence-electron chi connectivity index (χ2n) is 8.27. The van der Waals surface area contributed by atoms with Gasteiger partial charge >= 0.3 is 0 Å². The molecule has 0 bridgehead atoms. The summed E-state index contributed by atoms with van der Waals surface area (Å²) in [6, 6.07) is 8.40. The number of hydrogen-bond donors (Lipinski definition) is 3. The predicted molar refractivity (Wildman–Crippen MR) is 106 cm³/mol. The quantitative estimate of drug-likeness (QED) is 0.777. The maximum atomic E-state index is 12.6. The lowest BCUT2D eigenvalue weighted by Gasteiger charge is -2.46. The lowest BCUT2D eigenvalue weighted by atomic mass is 9.67. The summed E-state index contributed by atoms with van der Waals surface area (Å²) in [7, 11) is 0. The van der Waals surface area contributed by atoms with Gasteiger partial charge in [0.15, 0.2) is 0 Å². The molecule has 27 heavy (non-hydrogen) atoms. The Morgan fingerprint density at radius 3 is 2.89 bits per heavy atom. The fraction of sp³-hybridized carbons (Fsp3) is 0.545. The van der Waals surface area contributed by atoms with E-state index in [2.05, 4.69) is 29.5 Å². The minimum absolute atomic E-state index is 0.0600. The SMILES string of the molecule is CCC1C(=O)NC2CC(NC(=O)Cc3c[nH]c4ccccc34)CCC2C1C.